The third kappa shape index (κ3) is 6.75. The molecule has 2 aromatic carbocycles. The van der Waals surface area contributed by atoms with E-state index >= 15 is 0 Å². The van der Waals surface area contributed by atoms with Crippen molar-refractivity contribution in [3.05, 3.63) is 65.2 Å². The van der Waals surface area contributed by atoms with Gasteiger partial charge in [-0.25, -0.2) is 0 Å². The molecule has 0 saturated carbocycles. The molecule has 3 N–H and O–H groups in total. The molecule has 0 aliphatic rings. The van der Waals surface area contributed by atoms with Crippen molar-refractivity contribution in [3.8, 4) is 0 Å². The van der Waals surface area contributed by atoms with Crippen molar-refractivity contribution in [1.82, 2.24) is 4.90 Å². The summed E-state index contributed by atoms with van der Waals surface area (Å²) in [5, 5.41) is 2.76. The molecule has 0 fully saturated rings. The van der Waals surface area contributed by atoms with Gasteiger partial charge in [-0.05, 0) is 61.7 Å². The number of benzene rings is 2. The summed E-state index contributed by atoms with van der Waals surface area (Å²) in [6.07, 6.45) is 3.48. The maximum Gasteiger partial charge on any atom is 0.253 e. The molecule has 0 spiro atoms. The van der Waals surface area contributed by atoms with Crippen molar-refractivity contribution in [2.24, 2.45) is 5.73 Å². The Labute approximate surface area is 172 Å². The van der Waals surface area contributed by atoms with Crippen LogP contribution < -0.4 is 11.1 Å². The molecular formula is C23H29N3O3. The van der Waals surface area contributed by atoms with Gasteiger partial charge in [0, 0.05) is 36.3 Å². The maximum atomic E-state index is 12.7. The monoisotopic (exact) mass is 395 g/mol. The summed E-state index contributed by atoms with van der Waals surface area (Å²) < 4.78 is 0. The number of nitrogens with zero attached hydrogens (tertiary/aromatic N) is 1. The van der Waals surface area contributed by atoms with Gasteiger partial charge >= 0.3 is 0 Å². The van der Waals surface area contributed by atoms with Crippen LogP contribution >= 0.6 is 0 Å². The quantitative estimate of drug-likeness (QED) is 0.643. The summed E-state index contributed by atoms with van der Waals surface area (Å²) in [5.41, 5.74) is 8.03. The highest BCUT2D eigenvalue weighted by molar-refractivity contribution is 5.96. The Bertz CT molecular complexity index is 829. The van der Waals surface area contributed by atoms with Gasteiger partial charge < -0.3 is 16.0 Å². The first-order valence-electron chi connectivity index (χ1n) is 10.0. The molecule has 6 nitrogen and oxygen atoms in total. The summed E-state index contributed by atoms with van der Waals surface area (Å²) in [4.78, 5) is 37.7. The van der Waals surface area contributed by atoms with Crippen molar-refractivity contribution >= 4 is 23.4 Å². The Morgan fingerprint density at radius 2 is 1.55 bits per heavy atom. The third-order valence-corrected chi connectivity index (χ3v) is 4.75. The van der Waals surface area contributed by atoms with Gasteiger partial charge in [-0.1, -0.05) is 25.5 Å². The van der Waals surface area contributed by atoms with Crippen LogP contribution in [0.2, 0.25) is 0 Å². The first-order chi connectivity index (χ1) is 13.9. The van der Waals surface area contributed by atoms with Gasteiger partial charge in [0.05, 0.1) is 0 Å². The Morgan fingerprint density at radius 1 is 0.931 bits per heavy atom. The molecule has 0 aliphatic heterocycles. The number of anilines is 1. The number of unbranched alkanes of at least 4 members (excludes halogenated alkanes) is 1. The molecule has 0 atom stereocenters. The normalized spacial score (nSPS) is 10.4. The molecule has 3 amide bonds. The van der Waals surface area contributed by atoms with E-state index in [1.165, 1.54) is 5.56 Å². The molecule has 0 radical (unpaired) electrons. The van der Waals surface area contributed by atoms with E-state index in [1.54, 1.807) is 29.2 Å². The number of primary amides is 1. The number of amides is 3. The summed E-state index contributed by atoms with van der Waals surface area (Å²) in [7, 11) is 0. The highest BCUT2D eigenvalue weighted by Crippen LogP contribution is 2.12. The summed E-state index contributed by atoms with van der Waals surface area (Å²) >= 11 is 0. The van der Waals surface area contributed by atoms with Gasteiger partial charge in [-0.3, -0.25) is 14.4 Å². The average molecular weight is 396 g/mol. The molecular weight excluding hydrogens is 366 g/mol. The van der Waals surface area contributed by atoms with Gasteiger partial charge in [-0.2, -0.15) is 0 Å². The van der Waals surface area contributed by atoms with E-state index in [2.05, 4.69) is 12.2 Å². The van der Waals surface area contributed by atoms with Crippen LogP contribution in [-0.2, 0) is 11.2 Å². The SMILES string of the molecule is CCCCc1ccc(C(=O)N(CC)CCC(=O)Nc2ccc(C(N)=O)cc2)cc1. The lowest BCUT2D eigenvalue weighted by molar-refractivity contribution is -0.116. The lowest BCUT2D eigenvalue weighted by atomic mass is 10.1. The molecule has 0 unspecified atom stereocenters. The molecule has 0 saturated heterocycles. The number of hydrogen-bond donors (Lipinski definition) is 2. The number of aryl methyl sites for hydroxylation is 1. The molecule has 2 rings (SSSR count). The number of carbonyl (C=O) groups excluding carboxylic acids is 3. The third-order valence-electron chi connectivity index (χ3n) is 4.75. The molecule has 0 heterocycles. The molecule has 154 valence electrons. The lowest BCUT2D eigenvalue weighted by Crippen LogP contribution is -2.33. The van der Waals surface area contributed by atoms with Crippen molar-refractivity contribution in [2.75, 3.05) is 18.4 Å². The highest BCUT2D eigenvalue weighted by atomic mass is 16.2. The van der Waals surface area contributed by atoms with Gasteiger partial charge in [0.2, 0.25) is 11.8 Å². The zero-order chi connectivity index (χ0) is 21.2. The van der Waals surface area contributed by atoms with Gasteiger partial charge in [-0.15, -0.1) is 0 Å². The number of rotatable bonds is 10. The van der Waals surface area contributed by atoms with Crippen LogP contribution in [0.1, 0.15) is 59.4 Å². The average Bonchev–Trinajstić information content (AvgIpc) is 2.73. The predicted molar refractivity (Wildman–Crippen MR) is 115 cm³/mol. The van der Waals surface area contributed by atoms with E-state index in [1.807, 2.05) is 31.2 Å². The van der Waals surface area contributed by atoms with Crippen molar-refractivity contribution < 1.29 is 14.4 Å². The van der Waals surface area contributed by atoms with Crippen molar-refractivity contribution in [2.45, 2.75) is 39.5 Å². The van der Waals surface area contributed by atoms with E-state index in [0.29, 0.717) is 29.9 Å². The first-order valence-corrected chi connectivity index (χ1v) is 10.0. The molecule has 0 aromatic heterocycles. The Kier molecular flexibility index (Phi) is 8.40. The van der Waals surface area contributed by atoms with Crippen LogP contribution in [0.5, 0.6) is 0 Å². The zero-order valence-corrected chi connectivity index (χ0v) is 17.1. The summed E-state index contributed by atoms with van der Waals surface area (Å²) in [5.74, 6) is -0.787. The fourth-order valence-electron chi connectivity index (χ4n) is 2.96. The maximum absolute atomic E-state index is 12.7. The van der Waals surface area contributed by atoms with Crippen LogP contribution in [-0.4, -0.2) is 35.7 Å². The van der Waals surface area contributed by atoms with Crippen LogP contribution in [0.15, 0.2) is 48.5 Å². The van der Waals surface area contributed by atoms with Gasteiger partial charge in [0.1, 0.15) is 0 Å². The van der Waals surface area contributed by atoms with Crippen molar-refractivity contribution in [3.63, 3.8) is 0 Å². The standard InChI is InChI=1S/C23H29N3O3/c1-3-5-6-17-7-9-19(10-8-17)23(29)26(4-2)16-15-21(27)25-20-13-11-18(12-14-20)22(24)28/h7-14H,3-6,15-16H2,1-2H3,(H2,24,28)(H,25,27). The minimum Gasteiger partial charge on any atom is -0.366 e. The second kappa shape index (κ2) is 11.0. The van der Waals surface area contributed by atoms with Crippen LogP contribution in [0, 0.1) is 0 Å². The van der Waals surface area contributed by atoms with Crippen LogP contribution in [0.3, 0.4) is 0 Å². The second-order valence-electron chi connectivity index (χ2n) is 6.93. The minimum absolute atomic E-state index is 0.0758. The number of hydrogen-bond acceptors (Lipinski definition) is 3. The van der Waals surface area contributed by atoms with Gasteiger partial charge in [0.25, 0.3) is 5.91 Å². The highest BCUT2D eigenvalue weighted by Gasteiger charge is 2.15. The molecule has 29 heavy (non-hydrogen) atoms. The van der Waals surface area contributed by atoms with E-state index in [-0.39, 0.29) is 18.2 Å². The fourth-order valence-corrected chi connectivity index (χ4v) is 2.96. The van der Waals surface area contributed by atoms with Crippen molar-refractivity contribution in [1.29, 1.82) is 0 Å². The predicted octanol–water partition coefficient (Wildman–Crippen LogP) is 3.62. The smallest absolute Gasteiger partial charge is 0.253 e. The molecule has 0 bridgehead atoms. The second-order valence-corrected chi connectivity index (χ2v) is 6.93. The summed E-state index contributed by atoms with van der Waals surface area (Å²) in [6.45, 7) is 4.91. The fraction of sp³-hybridized carbons (Fsp3) is 0.348. The van der Waals surface area contributed by atoms with E-state index in [9.17, 15) is 14.4 Å². The van der Waals surface area contributed by atoms with Gasteiger partial charge in [0.15, 0.2) is 0 Å². The first kappa shape index (κ1) is 22.1. The lowest BCUT2D eigenvalue weighted by Gasteiger charge is -2.21. The molecule has 0 aliphatic carbocycles. The largest absolute Gasteiger partial charge is 0.366 e. The Balaban J connectivity index is 1.89. The zero-order valence-electron chi connectivity index (χ0n) is 17.1. The molecule has 6 heteroatoms. The Morgan fingerprint density at radius 3 is 2.10 bits per heavy atom. The molecule has 2 aromatic rings. The Hall–Kier alpha value is -3.15. The van der Waals surface area contributed by atoms with E-state index in [0.717, 1.165) is 19.3 Å². The summed E-state index contributed by atoms with van der Waals surface area (Å²) in [6, 6.07) is 14.1. The number of carbonyl (C=O) groups is 3. The minimum atomic E-state index is -0.515. The number of nitrogens with two attached hydrogens (primary N) is 1. The number of nitrogens with one attached hydrogen (secondary N) is 1. The van der Waals surface area contributed by atoms with E-state index in [4.69, 9.17) is 5.73 Å². The van der Waals surface area contributed by atoms with E-state index < -0.39 is 5.91 Å². The topological polar surface area (TPSA) is 92.5 Å². The van der Waals surface area contributed by atoms with Crippen LogP contribution in [0.4, 0.5) is 5.69 Å². The van der Waals surface area contributed by atoms with Crippen LogP contribution in [0.25, 0.3) is 0 Å².